The van der Waals surface area contributed by atoms with Crippen LogP contribution >= 0.6 is 9.24 Å². The summed E-state index contributed by atoms with van der Waals surface area (Å²) in [5, 5.41) is 7.30. The molecule has 0 aliphatic rings. The Bertz CT molecular complexity index is 532. The fraction of sp³-hybridized carbons (Fsp3) is 0.0833. The van der Waals surface area contributed by atoms with Crippen molar-refractivity contribution >= 4 is 15.0 Å². The number of nitrogens with two attached hydrogens (primary N) is 2. The molecule has 0 aliphatic heterocycles. The first-order valence-corrected chi connectivity index (χ1v) is 5.48. The number of nitrogens with one attached hydrogen (secondary N) is 1. The lowest BCUT2D eigenvalue weighted by Crippen LogP contribution is -2.26. The predicted molar refractivity (Wildman–Crippen MR) is 71.1 cm³/mol. The highest BCUT2D eigenvalue weighted by Crippen LogP contribution is 2.26. The highest BCUT2D eigenvalue weighted by Gasteiger charge is 2.31. The third kappa shape index (κ3) is 3.83. The van der Waals surface area contributed by atoms with Gasteiger partial charge in [-0.15, -0.1) is 0 Å². The number of halogens is 2. The van der Waals surface area contributed by atoms with Gasteiger partial charge in [0.25, 0.3) is 0 Å². The summed E-state index contributed by atoms with van der Waals surface area (Å²) < 4.78 is 26.0. The van der Waals surface area contributed by atoms with Gasteiger partial charge in [0.1, 0.15) is 11.5 Å². The molecular weight excluding hydrogens is 255 g/mol. The Labute approximate surface area is 106 Å². The zero-order chi connectivity index (χ0) is 13.8. The van der Waals surface area contributed by atoms with Crippen LogP contribution in [-0.2, 0) is 0 Å². The smallest absolute Gasteiger partial charge is 0.300 e. The quantitative estimate of drug-likeness (QED) is 0.433. The van der Waals surface area contributed by atoms with Crippen LogP contribution in [0.25, 0.3) is 0 Å². The van der Waals surface area contributed by atoms with Gasteiger partial charge in [-0.2, -0.15) is 8.78 Å². The van der Waals surface area contributed by atoms with Crippen molar-refractivity contribution in [2.45, 2.75) is 5.66 Å². The molecule has 0 fully saturated rings. The van der Waals surface area contributed by atoms with Gasteiger partial charge in [-0.25, -0.2) is 0 Å². The molecule has 6 heteroatoms. The lowest BCUT2D eigenvalue weighted by molar-refractivity contribution is 0.183. The van der Waals surface area contributed by atoms with E-state index in [-0.39, 0.29) is 5.57 Å². The van der Waals surface area contributed by atoms with Crippen LogP contribution in [0.2, 0.25) is 0 Å². The second-order valence-corrected chi connectivity index (χ2v) is 4.17. The van der Waals surface area contributed by atoms with E-state index in [9.17, 15) is 8.78 Å². The Morgan fingerprint density at radius 2 is 1.78 bits per heavy atom. The minimum absolute atomic E-state index is 0.362. The highest BCUT2D eigenvalue weighted by molar-refractivity contribution is 7.20. The van der Waals surface area contributed by atoms with Crippen LogP contribution in [0.1, 0.15) is 5.56 Å². The number of allylic oxidation sites excluding steroid dienone is 1. The molecule has 1 aromatic carbocycles. The number of hydrogen-bond acceptors (Lipinski definition) is 3. The lowest BCUT2D eigenvalue weighted by atomic mass is 10.1. The lowest BCUT2D eigenvalue weighted by Gasteiger charge is -2.12. The number of rotatable bonds is 2. The van der Waals surface area contributed by atoms with Gasteiger partial charge in [0, 0.05) is 5.56 Å². The van der Waals surface area contributed by atoms with Gasteiger partial charge in [-0.1, -0.05) is 39.3 Å². The summed E-state index contributed by atoms with van der Waals surface area (Å²) in [7, 11) is 1.25. The number of hydrogen-bond donors (Lipinski definition) is 3. The van der Waals surface area contributed by atoms with Gasteiger partial charge in [-0.05, 0) is 12.1 Å². The molecule has 3 nitrogen and oxygen atoms in total. The van der Waals surface area contributed by atoms with Crippen LogP contribution < -0.4 is 11.5 Å². The largest absolute Gasteiger partial charge is 0.385 e. The minimum Gasteiger partial charge on any atom is -0.385 e. The topological polar surface area (TPSA) is 75.9 Å². The minimum atomic E-state index is -3.41. The van der Waals surface area contributed by atoms with Crippen LogP contribution in [-0.4, -0.2) is 11.4 Å². The molecule has 0 bridgehead atoms. The van der Waals surface area contributed by atoms with Gasteiger partial charge >= 0.3 is 5.66 Å². The Hall–Kier alpha value is -1.92. The van der Waals surface area contributed by atoms with Gasteiger partial charge in [0.2, 0.25) is 0 Å². The first-order chi connectivity index (χ1) is 8.32. The molecule has 5 N–H and O–H groups in total. The molecule has 0 amide bonds. The summed E-state index contributed by atoms with van der Waals surface area (Å²) in [6.07, 6.45) is 0. The summed E-state index contributed by atoms with van der Waals surface area (Å²) in [6.45, 7) is 0. The molecule has 0 saturated heterocycles. The van der Waals surface area contributed by atoms with E-state index < -0.39 is 17.2 Å². The van der Waals surface area contributed by atoms with Crippen molar-refractivity contribution in [1.82, 2.24) is 0 Å². The number of benzene rings is 1. The van der Waals surface area contributed by atoms with E-state index in [4.69, 9.17) is 16.9 Å². The fourth-order valence-corrected chi connectivity index (χ4v) is 1.25. The molecule has 1 atom stereocenters. The Morgan fingerprint density at radius 3 is 2.22 bits per heavy atom. The zero-order valence-corrected chi connectivity index (χ0v) is 10.5. The van der Waals surface area contributed by atoms with Crippen LogP contribution in [0, 0.1) is 17.3 Å². The van der Waals surface area contributed by atoms with E-state index in [1.807, 2.05) is 0 Å². The molecule has 1 aromatic rings. The Kier molecular flexibility index (Phi) is 4.41. The maximum atomic E-state index is 13.0. The van der Waals surface area contributed by atoms with E-state index in [1.54, 1.807) is 30.3 Å². The SMILES string of the molecule is N=C(C(C#Cc1ccccc1)=C(N)N)C(F)(F)P. The van der Waals surface area contributed by atoms with Crippen molar-refractivity contribution in [2.24, 2.45) is 11.5 Å². The molecule has 0 radical (unpaired) electrons. The summed E-state index contributed by atoms with van der Waals surface area (Å²) in [5.74, 6) is 4.63. The molecule has 0 saturated carbocycles. The first-order valence-electron chi connectivity index (χ1n) is 4.90. The third-order valence-electron chi connectivity index (χ3n) is 1.98. The highest BCUT2D eigenvalue weighted by atomic mass is 31.0. The summed E-state index contributed by atoms with van der Waals surface area (Å²) in [5.41, 5.74) is 6.37. The maximum Gasteiger partial charge on any atom is 0.300 e. The molecular formula is C12H12F2N3P. The third-order valence-corrected chi connectivity index (χ3v) is 2.27. The maximum absolute atomic E-state index is 13.0. The molecule has 1 unspecified atom stereocenters. The molecule has 18 heavy (non-hydrogen) atoms. The average Bonchev–Trinajstić information content (AvgIpc) is 2.28. The van der Waals surface area contributed by atoms with Gasteiger partial charge < -0.3 is 11.5 Å². The zero-order valence-electron chi connectivity index (χ0n) is 9.37. The predicted octanol–water partition coefficient (Wildman–Crippen LogP) is 1.65. The van der Waals surface area contributed by atoms with Crippen LogP contribution in [0.15, 0.2) is 41.7 Å². The van der Waals surface area contributed by atoms with E-state index >= 15 is 0 Å². The Balaban J connectivity index is 3.10. The molecule has 0 spiro atoms. The summed E-state index contributed by atoms with van der Waals surface area (Å²) in [4.78, 5) is 0. The van der Waals surface area contributed by atoms with Gasteiger partial charge in [0.15, 0.2) is 0 Å². The standard InChI is InChI=1S/C12H12F2N3P/c13-12(14,18)10(15)9(11(16)17)7-6-8-4-2-1-3-5-8/h1-5,15H,16-18H2. The fourth-order valence-electron chi connectivity index (χ4n) is 1.10. The van der Waals surface area contributed by atoms with E-state index in [1.165, 1.54) is 9.24 Å². The van der Waals surface area contributed by atoms with Crippen LogP contribution in [0.5, 0.6) is 0 Å². The molecule has 0 heterocycles. The average molecular weight is 267 g/mol. The van der Waals surface area contributed by atoms with E-state index in [0.29, 0.717) is 5.56 Å². The monoisotopic (exact) mass is 267 g/mol. The molecule has 1 rings (SSSR count). The van der Waals surface area contributed by atoms with E-state index in [0.717, 1.165) is 0 Å². The molecule has 0 aromatic heterocycles. The normalized spacial score (nSPS) is 10.2. The van der Waals surface area contributed by atoms with Crippen molar-refractivity contribution in [2.75, 3.05) is 0 Å². The van der Waals surface area contributed by atoms with Crippen molar-refractivity contribution in [1.29, 1.82) is 5.41 Å². The van der Waals surface area contributed by atoms with Gasteiger partial charge in [0.05, 0.1) is 5.57 Å². The first kappa shape index (κ1) is 14.1. The van der Waals surface area contributed by atoms with Crippen LogP contribution in [0.4, 0.5) is 8.78 Å². The molecule has 0 aliphatic carbocycles. The second-order valence-electron chi connectivity index (χ2n) is 3.44. The Morgan fingerprint density at radius 1 is 1.22 bits per heavy atom. The number of alkyl halides is 2. The summed E-state index contributed by atoms with van der Waals surface area (Å²) >= 11 is 0. The summed E-state index contributed by atoms with van der Waals surface area (Å²) in [6, 6.07) is 8.74. The van der Waals surface area contributed by atoms with Crippen molar-refractivity contribution in [3.63, 3.8) is 0 Å². The van der Waals surface area contributed by atoms with Crippen molar-refractivity contribution in [3.8, 4) is 11.8 Å². The van der Waals surface area contributed by atoms with Crippen molar-refractivity contribution < 1.29 is 8.78 Å². The van der Waals surface area contributed by atoms with Gasteiger partial charge in [-0.3, -0.25) is 5.41 Å². The van der Waals surface area contributed by atoms with E-state index in [2.05, 4.69) is 11.8 Å². The second kappa shape index (κ2) is 5.61. The van der Waals surface area contributed by atoms with Crippen molar-refractivity contribution in [3.05, 3.63) is 47.3 Å². The van der Waals surface area contributed by atoms with Crippen LogP contribution in [0.3, 0.4) is 0 Å². The molecule has 94 valence electrons.